The third-order valence-electron chi connectivity index (χ3n) is 4.27. The number of anilines is 1. The fraction of sp³-hybridized carbons (Fsp3) is 0.333. The van der Waals surface area contributed by atoms with Crippen molar-refractivity contribution >= 4 is 29.3 Å². The molecule has 7 heteroatoms. The smallest absolute Gasteiger partial charge is 0.224 e. The van der Waals surface area contributed by atoms with E-state index >= 15 is 0 Å². The van der Waals surface area contributed by atoms with E-state index in [2.05, 4.69) is 45.2 Å². The van der Waals surface area contributed by atoms with Crippen LogP contribution in [0.3, 0.4) is 0 Å². The van der Waals surface area contributed by atoms with Crippen LogP contribution >= 0.6 is 11.8 Å². The zero-order valence-corrected chi connectivity index (χ0v) is 16.8. The van der Waals surface area contributed by atoms with Gasteiger partial charge in [-0.05, 0) is 42.3 Å². The van der Waals surface area contributed by atoms with Crippen LogP contribution in [-0.4, -0.2) is 44.4 Å². The van der Waals surface area contributed by atoms with E-state index < -0.39 is 0 Å². The van der Waals surface area contributed by atoms with Gasteiger partial charge in [-0.15, -0.1) is 11.8 Å². The average molecular weight is 399 g/mol. The fourth-order valence-electron chi connectivity index (χ4n) is 2.86. The lowest BCUT2D eigenvalue weighted by Gasteiger charge is -2.18. The molecule has 0 bridgehead atoms. The van der Waals surface area contributed by atoms with Crippen LogP contribution in [0.4, 0.5) is 5.69 Å². The summed E-state index contributed by atoms with van der Waals surface area (Å²) in [6.07, 6.45) is 1.29. The molecular formula is C21H26N4O2S. The maximum Gasteiger partial charge on any atom is 0.224 e. The maximum absolute atomic E-state index is 11.4. The highest BCUT2D eigenvalue weighted by Gasteiger charge is 2.14. The van der Waals surface area contributed by atoms with Crippen molar-refractivity contribution < 1.29 is 9.53 Å². The molecule has 28 heavy (non-hydrogen) atoms. The number of carbonyl (C=O) groups is 1. The van der Waals surface area contributed by atoms with Gasteiger partial charge in [-0.1, -0.05) is 18.2 Å². The van der Waals surface area contributed by atoms with Gasteiger partial charge >= 0.3 is 0 Å². The molecule has 1 aliphatic heterocycles. The second kappa shape index (κ2) is 10.6. The SMILES string of the molecule is CN=C(NCCOc1ccc2c(c1)CCC(=O)N2)NCCSc1ccccc1. The Bertz CT molecular complexity index is 811. The van der Waals surface area contributed by atoms with Gasteiger partial charge in [-0.2, -0.15) is 0 Å². The molecule has 0 fully saturated rings. The highest BCUT2D eigenvalue weighted by molar-refractivity contribution is 7.99. The van der Waals surface area contributed by atoms with Crippen molar-refractivity contribution in [2.24, 2.45) is 4.99 Å². The molecule has 1 amide bonds. The lowest BCUT2D eigenvalue weighted by atomic mass is 10.0. The summed E-state index contributed by atoms with van der Waals surface area (Å²) in [6.45, 7) is 2.01. The van der Waals surface area contributed by atoms with Gasteiger partial charge in [0.2, 0.25) is 5.91 Å². The molecule has 2 aromatic rings. The van der Waals surface area contributed by atoms with Crippen LogP contribution < -0.4 is 20.7 Å². The number of fused-ring (bicyclic) bond motifs is 1. The van der Waals surface area contributed by atoms with Crippen LogP contribution in [-0.2, 0) is 11.2 Å². The van der Waals surface area contributed by atoms with Crippen molar-refractivity contribution in [3.8, 4) is 5.75 Å². The molecule has 1 heterocycles. The largest absolute Gasteiger partial charge is 0.492 e. The number of rotatable bonds is 8. The lowest BCUT2D eigenvalue weighted by Crippen LogP contribution is -2.40. The molecule has 0 saturated heterocycles. The normalized spacial score (nSPS) is 13.5. The van der Waals surface area contributed by atoms with E-state index in [-0.39, 0.29) is 5.91 Å². The molecule has 0 unspecified atom stereocenters. The Morgan fingerprint density at radius 2 is 1.96 bits per heavy atom. The predicted octanol–water partition coefficient (Wildman–Crippen LogP) is 2.91. The van der Waals surface area contributed by atoms with E-state index in [9.17, 15) is 4.79 Å². The van der Waals surface area contributed by atoms with Crippen LogP contribution in [0.15, 0.2) is 58.4 Å². The molecule has 1 aliphatic rings. The third kappa shape index (κ3) is 6.20. The fourth-order valence-corrected chi connectivity index (χ4v) is 3.65. The molecule has 2 aromatic carbocycles. The van der Waals surface area contributed by atoms with E-state index in [1.807, 2.05) is 36.0 Å². The quantitative estimate of drug-likeness (QED) is 0.276. The number of aliphatic imine (C=N–C) groups is 1. The Kier molecular flexibility index (Phi) is 7.61. The van der Waals surface area contributed by atoms with Gasteiger partial charge in [0, 0.05) is 36.3 Å². The van der Waals surface area contributed by atoms with Crippen molar-refractivity contribution in [2.45, 2.75) is 17.7 Å². The second-order valence-corrected chi connectivity index (χ2v) is 7.47. The van der Waals surface area contributed by atoms with E-state index in [0.717, 1.165) is 41.7 Å². The first kappa shape index (κ1) is 20.1. The van der Waals surface area contributed by atoms with Gasteiger partial charge in [0.05, 0.1) is 6.54 Å². The Labute approximate surface area is 170 Å². The Balaban J connectivity index is 1.33. The molecule has 0 aliphatic carbocycles. The van der Waals surface area contributed by atoms with Gasteiger partial charge in [0.25, 0.3) is 0 Å². The highest BCUT2D eigenvalue weighted by Crippen LogP contribution is 2.26. The zero-order chi connectivity index (χ0) is 19.6. The average Bonchev–Trinajstić information content (AvgIpc) is 2.73. The monoisotopic (exact) mass is 398 g/mol. The van der Waals surface area contributed by atoms with Crippen LogP contribution in [0.1, 0.15) is 12.0 Å². The van der Waals surface area contributed by atoms with Crippen LogP contribution in [0.25, 0.3) is 0 Å². The van der Waals surface area contributed by atoms with Crippen molar-refractivity contribution in [1.29, 1.82) is 0 Å². The second-order valence-electron chi connectivity index (χ2n) is 6.30. The van der Waals surface area contributed by atoms with Crippen LogP contribution in [0.2, 0.25) is 0 Å². The number of nitrogens with zero attached hydrogens (tertiary/aromatic N) is 1. The molecule has 6 nitrogen and oxygen atoms in total. The third-order valence-corrected chi connectivity index (χ3v) is 5.28. The Morgan fingerprint density at radius 3 is 2.79 bits per heavy atom. The number of amides is 1. The van der Waals surface area contributed by atoms with Crippen LogP contribution in [0.5, 0.6) is 5.75 Å². The highest BCUT2D eigenvalue weighted by atomic mass is 32.2. The topological polar surface area (TPSA) is 74.8 Å². The number of carbonyl (C=O) groups excluding carboxylic acids is 1. The minimum atomic E-state index is 0.0754. The predicted molar refractivity (Wildman–Crippen MR) is 115 cm³/mol. The van der Waals surface area contributed by atoms with E-state index in [1.54, 1.807) is 7.05 Å². The van der Waals surface area contributed by atoms with Gasteiger partial charge in [0.1, 0.15) is 12.4 Å². The molecule has 0 radical (unpaired) electrons. The van der Waals surface area contributed by atoms with Crippen molar-refractivity contribution in [1.82, 2.24) is 10.6 Å². The molecule has 148 valence electrons. The minimum Gasteiger partial charge on any atom is -0.492 e. The number of guanidine groups is 1. The summed E-state index contributed by atoms with van der Waals surface area (Å²) >= 11 is 1.81. The summed E-state index contributed by atoms with van der Waals surface area (Å²) in [4.78, 5) is 16.9. The molecule has 3 rings (SSSR count). The lowest BCUT2D eigenvalue weighted by molar-refractivity contribution is -0.116. The first-order valence-corrected chi connectivity index (χ1v) is 10.4. The molecule has 0 atom stereocenters. The van der Waals surface area contributed by atoms with E-state index in [0.29, 0.717) is 19.6 Å². The van der Waals surface area contributed by atoms with E-state index in [4.69, 9.17) is 4.74 Å². The van der Waals surface area contributed by atoms with Crippen molar-refractivity contribution in [2.75, 3.05) is 37.8 Å². The summed E-state index contributed by atoms with van der Waals surface area (Å²) in [5.41, 5.74) is 2.01. The minimum absolute atomic E-state index is 0.0754. The van der Waals surface area contributed by atoms with Crippen molar-refractivity contribution in [3.05, 3.63) is 54.1 Å². The molecule has 3 N–H and O–H groups in total. The molecule has 0 spiro atoms. The van der Waals surface area contributed by atoms with Crippen molar-refractivity contribution in [3.63, 3.8) is 0 Å². The summed E-state index contributed by atoms with van der Waals surface area (Å²) in [5.74, 6) is 2.63. The first-order valence-electron chi connectivity index (χ1n) is 9.42. The Morgan fingerprint density at radius 1 is 1.14 bits per heavy atom. The number of benzene rings is 2. The molecule has 0 aromatic heterocycles. The van der Waals surface area contributed by atoms with E-state index in [1.165, 1.54) is 4.90 Å². The molecule has 0 saturated carbocycles. The number of ether oxygens (including phenoxy) is 1. The molecular weight excluding hydrogens is 372 g/mol. The van der Waals surface area contributed by atoms with Gasteiger partial charge in [-0.25, -0.2) is 0 Å². The summed E-state index contributed by atoms with van der Waals surface area (Å²) in [7, 11) is 1.76. The van der Waals surface area contributed by atoms with Gasteiger partial charge < -0.3 is 20.7 Å². The number of hydrogen-bond donors (Lipinski definition) is 3. The van der Waals surface area contributed by atoms with Gasteiger partial charge in [0.15, 0.2) is 5.96 Å². The Hall–Kier alpha value is -2.67. The summed E-state index contributed by atoms with van der Waals surface area (Å²) in [6, 6.07) is 16.1. The number of hydrogen-bond acceptors (Lipinski definition) is 4. The summed E-state index contributed by atoms with van der Waals surface area (Å²) < 4.78 is 5.82. The zero-order valence-electron chi connectivity index (χ0n) is 16.0. The summed E-state index contributed by atoms with van der Waals surface area (Å²) in [5, 5.41) is 9.44. The number of thioether (sulfide) groups is 1. The number of nitrogens with one attached hydrogen (secondary N) is 3. The first-order chi connectivity index (χ1) is 13.7. The van der Waals surface area contributed by atoms with Crippen LogP contribution in [0, 0.1) is 0 Å². The number of aryl methyl sites for hydroxylation is 1. The standard InChI is InChI=1S/C21H26N4O2S/c1-22-21(24-12-14-28-18-5-3-2-4-6-18)23-11-13-27-17-8-9-19-16(15-17)7-10-20(26)25-19/h2-6,8-9,15H,7,10-14H2,1H3,(H,25,26)(H2,22,23,24). The maximum atomic E-state index is 11.4. The van der Waals surface area contributed by atoms with Gasteiger partial charge in [-0.3, -0.25) is 9.79 Å².